The molecule has 2 rings (SSSR count). The first kappa shape index (κ1) is 9.79. The molecule has 0 aliphatic carbocycles. The normalized spacial score (nSPS) is 18.4. The molecule has 0 unspecified atom stereocenters. The molecule has 0 bridgehead atoms. The Morgan fingerprint density at radius 1 is 1.13 bits per heavy atom. The van der Waals surface area contributed by atoms with E-state index in [1.54, 1.807) is 18.2 Å². The monoisotopic (exact) mass is 223 g/mol. The molecule has 0 aromatic heterocycles. The summed E-state index contributed by atoms with van der Waals surface area (Å²) in [5, 5.41) is 11.6. The highest BCUT2D eigenvalue weighted by molar-refractivity contribution is 7.97. The molecular formula is C10H9NO3S. The summed E-state index contributed by atoms with van der Waals surface area (Å²) >= 11 is 0. The van der Waals surface area contributed by atoms with Crippen LogP contribution in [0.5, 0.6) is 5.75 Å². The number of benzene rings is 1. The van der Waals surface area contributed by atoms with Gasteiger partial charge in [0, 0.05) is 16.5 Å². The minimum atomic E-state index is -3.37. The molecule has 0 saturated carbocycles. The maximum atomic E-state index is 11.2. The Bertz CT molecular complexity index is 570. The van der Waals surface area contributed by atoms with Crippen molar-refractivity contribution >= 4 is 15.4 Å². The minimum absolute atomic E-state index is 0.0113. The van der Waals surface area contributed by atoms with Gasteiger partial charge in [-0.2, -0.15) is 0 Å². The van der Waals surface area contributed by atoms with Crippen LogP contribution in [0.2, 0.25) is 0 Å². The molecule has 0 spiro atoms. The number of rotatable bonds is 1. The van der Waals surface area contributed by atoms with Crippen molar-refractivity contribution in [3.63, 3.8) is 0 Å². The second-order valence-electron chi connectivity index (χ2n) is 3.21. The molecule has 0 saturated heterocycles. The quantitative estimate of drug-likeness (QED) is 0.743. The van der Waals surface area contributed by atoms with E-state index in [4.69, 9.17) is 5.73 Å². The zero-order valence-electron chi connectivity index (χ0n) is 7.71. The van der Waals surface area contributed by atoms with Crippen molar-refractivity contribution in [2.45, 2.75) is 0 Å². The summed E-state index contributed by atoms with van der Waals surface area (Å²) in [6, 6.07) is 6.45. The second-order valence-corrected chi connectivity index (χ2v) is 4.86. The molecular weight excluding hydrogens is 214 g/mol. The van der Waals surface area contributed by atoms with Gasteiger partial charge in [0.2, 0.25) is 0 Å². The van der Waals surface area contributed by atoms with Crippen molar-refractivity contribution in [3.05, 3.63) is 46.3 Å². The van der Waals surface area contributed by atoms with Crippen LogP contribution in [0.3, 0.4) is 0 Å². The number of phenols is 1. The third-order valence-corrected chi connectivity index (χ3v) is 3.23. The van der Waals surface area contributed by atoms with Gasteiger partial charge in [0.25, 0.3) is 0 Å². The molecule has 1 aromatic rings. The zero-order valence-corrected chi connectivity index (χ0v) is 8.53. The number of hydrogen-bond acceptors (Lipinski definition) is 4. The third-order valence-electron chi connectivity index (χ3n) is 2.08. The van der Waals surface area contributed by atoms with E-state index in [1.807, 2.05) is 0 Å². The van der Waals surface area contributed by atoms with Gasteiger partial charge < -0.3 is 10.8 Å². The fraction of sp³-hybridized carbons (Fsp3) is 0. The van der Waals surface area contributed by atoms with Gasteiger partial charge in [-0.15, -0.1) is 0 Å². The molecule has 15 heavy (non-hydrogen) atoms. The molecule has 0 radical (unpaired) electrons. The smallest absolute Gasteiger partial charge is 0.195 e. The lowest BCUT2D eigenvalue weighted by Crippen LogP contribution is -1.97. The zero-order chi connectivity index (χ0) is 11.1. The summed E-state index contributed by atoms with van der Waals surface area (Å²) in [7, 11) is -3.37. The molecule has 78 valence electrons. The van der Waals surface area contributed by atoms with Gasteiger partial charge in [0.1, 0.15) is 5.75 Å². The Hall–Kier alpha value is -1.75. The maximum Gasteiger partial charge on any atom is 0.195 e. The van der Waals surface area contributed by atoms with Crippen LogP contribution >= 0.6 is 0 Å². The summed E-state index contributed by atoms with van der Waals surface area (Å²) in [4.78, 5) is 0. The Morgan fingerprint density at radius 2 is 1.80 bits per heavy atom. The van der Waals surface area contributed by atoms with E-state index in [2.05, 4.69) is 0 Å². The van der Waals surface area contributed by atoms with Gasteiger partial charge in [-0.25, -0.2) is 8.42 Å². The summed E-state index contributed by atoms with van der Waals surface area (Å²) in [6.07, 6.45) is 0. The lowest BCUT2D eigenvalue weighted by molar-refractivity contribution is 0.473. The van der Waals surface area contributed by atoms with Crippen LogP contribution < -0.4 is 5.73 Å². The maximum absolute atomic E-state index is 11.2. The number of phenolic OH excluding ortho intramolecular Hbond substituents is 1. The van der Waals surface area contributed by atoms with E-state index >= 15 is 0 Å². The Kier molecular flexibility index (Phi) is 2.04. The van der Waals surface area contributed by atoms with Gasteiger partial charge in [-0.3, -0.25) is 0 Å². The van der Waals surface area contributed by atoms with Gasteiger partial charge in [-0.1, -0.05) is 18.2 Å². The first-order valence-corrected chi connectivity index (χ1v) is 5.83. The first-order valence-electron chi connectivity index (χ1n) is 4.22. The highest BCUT2D eigenvalue weighted by Crippen LogP contribution is 2.32. The molecule has 1 aromatic carbocycles. The lowest BCUT2D eigenvalue weighted by Gasteiger charge is -2.04. The van der Waals surface area contributed by atoms with E-state index in [9.17, 15) is 13.5 Å². The fourth-order valence-corrected chi connectivity index (χ4v) is 2.57. The van der Waals surface area contributed by atoms with E-state index in [0.29, 0.717) is 11.1 Å². The summed E-state index contributed by atoms with van der Waals surface area (Å²) < 4.78 is 22.4. The van der Waals surface area contributed by atoms with E-state index in [0.717, 1.165) is 10.8 Å². The summed E-state index contributed by atoms with van der Waals surface area (Å²) in [5.74, 6) is 0.0113. The lowest BCUT2D eigenvalue weighted by atomic mass is 10.0. The fourth-order valence-electron chi connectivity index (χ4n) is 1.43. The number of hydrogen-bond donors (Lipinski definition) is 2. The van der Waals surface area contributed by atoms with Gasteiger partial charge in [0.15, 0.2) is 9.84 Å². The topological polar surface area (TPSA) is 80.4 Å². The number of aromatic hydroxyl groups is 1. The van der Waals surface area contributed by atoms with Crippen molar-refractivity contribution in [2.75, 3.05) is 0 Å². The van der Waals surface area contributed by atoms with E-state index in [1.165, 1.54) is 6.07 Å². The Labute approximate surface area is 87.3 Å². The van der Waals surface area contributed by atoms with Crippen LogP contribution in [0.4, 0.5) is 0 Å². The minimum Gasteiger partial charge on any atom is -0.507 e. The molecule has 1 aliphatic rings. The van der Waals surface area contributed by atoms with E-state index in [-0.39, 0.29) is 11.4 Å². The summed E-state index contributed by atoms with van der Waals surface area (Å²) in [5.41, 5.74) is 6.47. The Morgan fingerprint density at radius 3 is 2.33 bits per heavy atom. The summed E-state index contributed by atoms with van der Waals surface area (Å²) in [6.45, 7) is 0. The molecule has 0 amide bonds. The van der Waals surface area contributed by atoms with Gasteiger partial charge in [-0.05, 0) is 6.07 Å². The number of allylic oxidation sites excluding steroid dienone is 1. The van der Waals surface area contributed by atoms with Crippen molar-refractivity contribution < 1.29 is 13.5 Å². The van der Waals surface area contributed by atoms with Crippen LogP contribution in [-0.2, 0) is 9.84 Å². The predicted molar refractivity (Wildman–Crippen MR) is 57.3 cm³/mol. The van der Waals surface area contributed by atoms with E-state index < -0.39 is 9.84 Å². The van der Waals surface area contributed by atoms with Crippen LogP contribution in [0.1, 0.15) is 5.56 Å². The van der Waals surface area contributed by atoms with Crippen LogP contribution in [-0.4, -0.2) is 13.5 Å². The molecule has 0 fully saturated rings. The van der Waals surface area contributed by atoms with Crippen LogP contribution in [0, 0.1) is 0 Å². The predicted octanol–water partition coefficient (Wildman–Crippen LogP) is 0.962. The standard InChI is InChI=1S/C10H9NO3S/c11-9-6-15(13,14)5-8(9)7-3-1-2-4-10(7)12/h1-6,12H,11H2. The van der Waals surface area contributed by atoms with Crippen molar-refractivity contribution in [1.29, 1.82) is 0 Å². The SMILES string of the molecule is NC1=CS(=O)(=O)C=C1c1ccccc1O. The molecule has 5 heteroatoms. The molecule has 4 nitrogen and oxygen atoms in total. The molecule has 3 N–H and O–H groups in total. The van der Waals surface area contributed by atoms with Crippen molar-refractivity contribution in [1.82, 2.24) is 0 Å². The number of para-hydroxylation sites is 1. The van der Waals surface area contributed by atoms with Crippen molar-refractivity contribution in [2.24, 2.45) is 5.73 Å². The largest absolute Gasteiger partial charge is 0.507 e. The van der Waals surface area contributed by atoms with Gasteiger partial charge in [0.05, 0.1) is 11.1 Å². The molecule has 0 atom stereocenters. The second kappa shape index (κ2) is 3.13. The highest BCUT2D eigenvalue weighted by Gasteiger charge is 2.20. The third kappa shape index (κ3) is 1.73. The van der Waals surface area contributed by atoms with Gasteiger partial charge >= 0.3 is 0 Å². The highest BCUT2D eigenvalue weighted by atomic mass is 32.2. The first-order chi connectivity index (χ1) is 6.99. The molecule has 1 aliphatic heterocycles. The number of nitrogens with two attached hydrogens (primary N) is 1. The average Bonchev–Trinajstić information content (AvgIpc) is 2.40. The molecule has 1 heterocycles. The average molecular weight is 223 g/mol. The Balaban J connectivity index is 2.61. The van der Waals surface area contributed by atoms with Crippen LogP contribution in [0.25, 0.3) is 5.57 Å². The van der Waals surface area contributed by atoms with Crippen molar-refractivity contribution in [3.8, 4) is 5.75 Å². The number of sulfone groups is 1. The van der Waals surface area contributed by atoms with Crippen LogP contribution in [0.15, 0.2) is 40.8 Å².